The van der Waals surface area contributed by atoms with Crippen molar-refractivity contribution in [3.05, 3.63) is 58.1 Å². The van der Waals surface area contributed by atoms with Gasteiger partial charge in [-0.15, -0.1) is 0 Å². The lowest BCUT2D eigenvalue weighted by molar-refractivity contribution is 0.474. The van der Waals surface area contributed by atoms with Crippen molar-refractivity contribution in [2.24, 2.45) is 0 Å². The van der Waals surface area contributed by atoms with Gasteiger partial charge in [0.25, 0.3) is 0 Å². The Kier molecular flexibility index (Phi) is 4.84. The van der Waals surface area contributed by atoms with Crippen LogP contribution in [0.2, 0.25) is 0 Å². The van der Waals surface area contributed by atoms with Crippen LogP contribution in [-0.4, -0.2) is 0 Å². The van der Waals surface area contributed by atoms with E-state index in [-0.39, 0.29) is 0 Å². The molecule has 0 aliphatic carbocycles. The van der Waals surface area contributed by atoms with E-state index in [4.69, 9.17) is 4.74 Å². The van der Waals surface area contributed by atoms with Crippen LogP contribution in [0, 0.1) is 0 Å². The van der Waals surface area contributed by atoms with Gasteiger partial charge >= 0.3 is 0 Å². The minimum absolute atomic E-state index is 0.845. The number of halogens is 2. The summed E-state index contributed by atoms with van der Waals surface area (Å²) in [7, 11) is 0. The number of rotatable bonds is 4. The molecule has 3 heteroatoms. The molecule has 2 aromatic carbocycles. The summed E-state index contributed by atoms with van der Waals surface area (Å²) in [5.74, 6) is 1.77. The van der Waals surface area contributed by atoms with Crippen molar-refractivity contribution in [2.75, 3.05) is 0 Å². The van der Waals surface area contributed by atoms with Crippen molar-refractivity contribution >= 4 is 31.9 Å². The second kappa shape index (κ2) is 6.39. The molecule has 0 aliphatic heterocycles. The fraction of sp³-hybridized carbons (Fsp3) is 0.200. The lowest BCUT2D eigenvalue weighted by Crippen LogP contribution is -1.91. The maximum Gasteiger partial charge on any atom is 0.141 e. The van der Waals surface area contributed by atoms with Gasteiger partial charge in [0, 0.05) is 5.33 Å². The highest BCUT2D eigenvalue weighted by molar-refractivity contribution is 9.10. The molecule has 18 heavy (non-hydrogen) atoms. The first-order valence-corrected chi connectivity index (χ1v) is 7.76. The second-order valence-electron chi connectivity index (χ2n) is 3.96. The molecule has 2 rings (SSSR count). The quantitative estimate of drug-likeness (QED) is 0.628. The van der Waals surface area contributed by atoms with Crippen molar-refractivity contribution in [2.45, 2.75) is 18.7 Å². The Labute approximate surface area is 124 Å². The zero-order valence-corrected chi connectivity index (χ0v) is 13.3. The lowest BCUT2D eigenvalue weighted by Gasteiger charge is -2.11. The van der Waals surface area contributed by atoms with E-state index in [0.29, 0.717) is 0 Å². The van der Waals surface area contributed by atoms with Crippen molar-refractivity contribution in [1.82, 2.24) is 0 Å². The first kappa shape index (κ1) is 13.6. The Morgan fingerprint density at radius 2 is 1.83 bits per heavy atom. The fourth-order valence-corrected chi connectivity index (χ4v) is 2.58. The Hall–Kier alpha value is -0.800. The van der Waals surface area contributed by atoms with Crippen molar-refractivity contribution < 1.29 is 4.74 Å². The van der Waals surface area contributed by atoms with Gasteiger partial charge in [-0.2, -0.15) is 0 Å². The average Bonchev–Trinajstić information content (AvgIpc) is 2.41. The zero-order valence-electron chi connectivity index (χ0n) is 10.1. The standard InChI is InChI=1S/C15H14Br2O/c1-2-12-5-3-4-6-14(12)18-15-8-7-11(10-16)9-13(15)17/h3-9H,2,10H2,1H3. The smallest absolute Gasteiger partial charge is 0.141 e. The number of ether oxygens (including phenoxy) is 1. The number of aryl methyl sites for hydroxylation is 1. The van der Waals surface area contributed by atoms with Gasteiger partial charge in [0.1, 0.15) is 11.5 Å². The van der Waals surface area contributed by atoms with Crippen molar-refractivity contribution in [3.8, 4) is 11.5 Å². The van der Waals surface area contributed by atoms with E-state index in [1.54, 1.807) is 0 Å². The molecule has 0 spiro atoms. The van der Waals surface area contributed by atoms with E-state index in [2.05, 4.69) is 57.0 Å². The lowest BCUT2D eigenvalue weighted by atomic mass is 10.1. The van der Waals surface area contributed by atoms with Gasteiger partial charge in [0.05, 0.1) is 4.47 Å². The average molecular weight is 370 g/mol. The summed E-state index contributed by atoms with van der Waals surface area (Å²) >= 11 is 6.99. The highest BCUT2D eigenvalue weighted by Crippen LogP contribution is 2.32. The SMILES string of the molecule is CCc1ccccc1Oc1ccc(CBr)cc1Br. The maximum absolute atomic E-state index is 5.97. The number of benzene rings is 2. The van der Waals surface area contributed by atoms with E-state index in [1.165, 1.54) is 11.1 Å². The summed E-state index contributed by atoms with van der Waals surface area (Å²) in [6.07, 6.45) is 0.966. The van der Waals surface area contributed by atoms with Crippen LogP contribution in [0.25, 0.3) is 0 Å². The molecule has 0 amide bonds. The Morgan fingerprint density at radius 3 is 2.50 bits per heavy atom. The third kappa shape index (κ3) is 3.15. The third-order valence-electron chi connectivity index (χ3n) is 2.72. The summed E-state index contributed by atoms with van der Waals surface area (Å²) in [6, 6.07) is 14.2. The molecule has 94 valence electrons. The van der Waals surface area contributed by atoms with E-state index >= 15 is 0 Å². The second-order valence-corrected chi connectivity index (χ2v) is 5.38. The minimum atomic E-state index is 0.845. The zero-order chi connectivity index (χ0) is 13.0. The molecule has 0 heterocycles. The summed E-state index contributed by atoms with van der Waals surface area (Å²) in [4.78, 5) is 0. The predicted octanol–water partition coefficient (Wildman–Crippen LogP) is 5.70. The molecule has 0 radical (unpaired) electrons. The molecule has 0 aliphatic rings. The van der Waals surface area contributed by atoms with Gasteiger partial charge in [-0.3, -0.25) is 0 Å². The van der Waals surface area contributed by atoms with Gasteiger partial charge < -0.3 is 4.74 Å². The predicted molar refractivity (Wildman–Crippen MR) is 82.7 cm³/mol. The number of hydrogen-bond donors (Lipinski definition) is 0. The first-order chi connectivity index (χ1) is 8.74. The van der Waals surface area contributed by atoms with Gasteiger partial charge in [0.2, 0.25) is 0 Å². The summed E-state index contributed by atoms with van der Waals surface area (Å²) < 4.78 is 6.95. The van der Waals surface area contributed by atoms with E-state index < -0.39 is 0 Å². The number of alkyl halides is 1. The van der Waals surface area contributed by atoms with Gasteiger partial charge in [0.15, 0.2) is 0 Å². The topological polar surface area (TPSA) is 9.23 Å². The Morgan fingerprint density at radius 1 is 1.06 bits per heavy atom. The monoisotopic (exact) mass is 368 g/mol. The van der Waals surface area contributed by atoms with Crippen molar-refractivity contribution in [1.29, 1.82) is 0 Å². The molecule has 0 saturated carbocycles. The number of hydrogen-bond acceptors (Lipinski definition) is 1. The molecule has 0 unspecified atom stereocenters. The highest BCUT2D eigenvalue weighted by atomic mass is 79.9. The molecule has 0 bridgehead atoms. The maximum atomic E-state index is 5.97. The molecule has 0 atom stereocenters. The van der Waals surface area contributed by atoms with Gasteiger partial charge in [-0.1, -0.05) is 47.1 Å². The fourth-order valence-electron chi connectivity index (χ4n) is 1.72. The van der Waals surface area contributed by atoms with Crippen LogP contribution in [0.4, 0.5) is 0 Å². The normalized spacial score (nSPS) is 10.4. The van der Waals surface area contributed by atoms with Crippen LogP contribution < -0.4 is 4.74 Å². The molecule has 0 N–H and O–H groups in total. The largest absolute Gasteiger partial charge is 0.456 e. The molecule has 1 nitrogen and oxygen atoms in total. The highest BCUT2D eigenvalue weighted by Gasteiger charge is 2.06. The molecule has 0 saturated heterocycles. The van der Waals surface area contributed by atoms with E-state index in [9.17, 15) is 0 Å². The summed E-state index contributed by atoms with van der Waals surface area (Å²) in [6.45, 7) is 2.13. The molecular formula is C15H14Br2O. The number of para-hydroxylation sites is 1. The molecule has 0 aromatic heterocycles. The summed E-state index contributed by atoms with van der Waals surface area (Å²) in [5.41, 5.74) is 2.44. The Balaban J connectivity index is 2.28. The van der Waals surface area contributed by atoms with Crippen molar-refractivity contribution in [3.63, 3.8) is 0 Å². The van der Waals surface area contributed by atoms with Crippen LogP contribution in [0.1, 0.15) is 18.1 Å². The van der Waals surface area contributed by atoms with Gasteiger partial charge in [-0.05, 0) is 51.7 Å². The first-order valence-electron chi connectivity index (χ1n) is 5.84. The van der Waals surface area contributed by atoms with E-state index in [1.807, 2.05) is 24.3 Å². The minimum Gasteiger partial charge on any atom is -0.456 e. The molecular weight excluding hydrogens is 356 g/mol. The molecule has 0 fully saturated rings. The summed E-state index contributed by atoms with van der Waals surface area (Å²) in [5, 5.41) is 0.845. The Bertz CT molecular complexity index is 538. The molecule has 2 aromatic rings. The van der Waals surface area contributed by atoms with Crippen LogP contribution in [-0.2, 0) is 11.8 Å². The van der Waals surface area contributed by atoms with E-state index in [0.717, 1.165) is 27.7 Å². The van der Waals surface area contributed by atoms with Gasteiger partial charge in [-0.25, -0.2) is 0 Å². The van der Waals surface area contributed by atoms with Crippen LogP contribution in [0.3, 0.4) is 0 Å². The van der Waals surface area contributed by atoms with Crippen LogP contribution in [0.15, 0.2) is 46.9 Å². The van der Waals surface area contributed by atoms with Crippen LogP contribution in [0.5, 0.6) is 11.5 Å². The van der Waals surface area contributed by atoms with Crippen LogP contribution >= 0.6 is 31.9 Å². The third-order valence-corrected chi connectivity index (χ3v) is 3.99.